The maximum absolute atomic E-state index is 13.3. The van der Waals surface area contributed by atoms with Gasteiger partial charge in [-0.25, -0.2) is 14.2 Å². The zero-order chi connectivity index (χ0) is 13.0. The monoisotopic (exact) mass is 306 g/mol. The molecule has 0 saturated heterocycles. The molecule has 90 valence electrons. The molecule has 0 unspecified atom stereocenters. The molecule has 0 aliphatic carbocycles. The average Bonchev–Trinajstić information content (AvgIpc) is 2.40. The third-order valence-electron chi connectivity index (χ3n) is 2.22. The highest BCUT2D eigenvalue weighted by molar-refractivity contribution is 9.10. The lowest BCUT2D eigenvalue weighted by Crippen LogP contribution is -1.99. The molecule has 0 N–H and O–H groups in total. The highest BCUT2D eigenvalue weighted by atomic mass is 79.9. The Hall–Kier alpha value is -1.93. The van der Waals surface area contributed by atoms with Gasteiger partial charge in [0.25, 0.3) is 5.88 Å². The van der Waals surface area contributed by atoms with Gasteiger partial charge in [-0.05, 0) is 33.6 Å². The van der Waals surface area contributed by atoms with E-state index in [1.165, 1.54) is 12.1 Å². The molecular weight excluding hydrogens is 299 g/mol. The number of rotatable bonds is 3. The van der Waals surface area contributed by atoms with Gasteiger partial charge >= 0.3 is 0 Å². The van der Waals surface area contributed by atoms with Gasteiger partial charge in [0.2, 0.25) is 0 Å². The lowest BCUT2D eigenvalue weighted by molar-refractivity contribution is 0.276. The summed E-state index contributed by atoms with van der Waals surface area (Å²) < 4.78 is 19.1. The van der Waals surface area contributed by atoms with Gasteiger partial charge in [0, 0.05) is 0 Å². The second-order valence-corrected chi connectivity index (χ2v) is 4.30. The van der Waals surface area contributed by atoms with Crippen LogP contribution >= 0.6 is 15.9 Å². The summed E-state index contributed by atoms with van der Waals surface area (Å²) in [7, 11) is 0. The van der Waals surface area contributed by atoms with Gasteiger partial charge in [0.05, 0.1) is 6.57 Å². The normalized spacial score (nSPS) is 9.83. The first-order chi connectivity index (χ1) is 8.69. The van der Waals surface area contributed by atoms with E-state index in [1.807, 2.05) is 0 Å². The van der Waals surface area contributed by atoms with Gasteiger partial charge in [-0.1, -0.05) is 24.3 Å². The van der Waals surface area contributed by atoms with Crippen molar-refractivity contribution in [1.29, 1.82) is 0 Å². The summed E-state index contributed by atoms with van der Waals surface area (Å²) in [6.07, 6.45) is 0. The van der Waals surface area contributed by atoms with Crippen LogP contribution in [0, 0.1) is 12.4 Å². The van der Waals surface area contributed by atoms with Gasteiger partial charge < -0.3 is 4.74 Å². The van der Waals surface area contributed by atoms with Crippen LogP contribution in [-0.4, -0.2) is 4.98 Å². The molecule has 0 bridgehead atoms. The number of pyridine rings is 1. The van der Waals surface area contributed by atoms with Crippen molar-refractivity contribution in [2.75, 3.05) is 0 Å². The van der Waals surface area contributed by atoms with Crippen LogP contribution in [-0.2, 0) is 6.61 Å². The Labute approximate surface area is 112 Å². The fourth-order valence-corrected chi connectivity index (χ4v) is 1.61. The Morgan fingerprint density at radius 2 is 1.94 bits per heavy atom. The predicted octanol–water partition coefficient (Wildman–Crippen LogP) is 4.11. The van der Waals surface area contributed by atoms with Crippen LogP contribution in [0.4, 0.5) is 10.1 Å². The highest BCUT2D eigenvalue weighted by Gasteiger charge is 2.06. The number of benzene rings is 1. The summed E-state index contributed by atoms with van der Waals surface area (Å²) in [5.74, 6) is -0.547. The minimum absolute atomic E-state index is 0.0429. The second-order valence-electron chi connectivity index (χ2n) is 3.49. The van der Waals surface area contributed by atoms with Crippen LogP contribution in [0.1, 0.15) is 5.56 Å². The molecule has 0 aliphatic heterocycles. The van der Waals surface area contributed by atoms with Crippen LogP contribution in [0.25, 0.3) is 4.85 Å². The first-order valence-corrected chi connectivity index (χ1v) is 5.89. The highest BCUT2D eigenvalue weighted by Crippen LogP contribution is 2.19. The molecule has 2 rings (SSSR count). The lowest BCUT2D eigenvalue weighted by atomic mass is 10.2. The van der Waals surface area contributed by atoms with E-state index in [4.69, 9.17) is 11.3 Å². The van der Waals surface area contributed by atoms with Gasteiger partial charge in [0.15, 0.2) is 11.5 Å². The molecule has 0 radical (unpaired) electrons. The number of halogens is 2. The van der Waals surface area contributed by atoms with E-state index >= 15 is 0 Å². The minimum atomic E-state index is -0.504. The number of ether oxygens (including phenoxy) is 1. The predicted molar refractivity (Wildman–Crippen MR) is 68.9 cm³/mol. The molecule has 18 heavy (non-hydrogen) atoms. The van der Waals surface area contributed by atoms with Crippen molar-refractivity contribution in [2.24, 2.45) is 0 Å². The first kappa shape index (κ1) is 12.5. The topological polar surface area (TPSA) is 26.5 Å². The van der Waals surface area contributed by atoms with Gasteiger partial charge in [0.1, 0.15) is 11.2 Å². The molecule has 1 heterocycles. The van der Waals surface area contributed by atoms with Crippen LogP contribution in [0.2, 0.25) is 0 Å². The molecule has 1 aromatic heterocycles. The second kappa shape index (κ2) is 5.61. The fraction of sp³-hybridized carbons (Fsp3) is 0.0769. The zero-order valence-electron chi connectivity index (χ0n) is 9.23. The van der Waals surface area contributed by atoms with E-state index in [0.29, 0.717) is 10.3 Å². The van der Waals surface area contributed by atoms with E-state index in [0.717, 1.165) is 5.56 Å². The smallest absolute Gasteiger partial charge is 0.251 e. The fourth-order valence-electron chi connectivity index (χ4n) is 1.32. The third-order valence-corrected chi connectivity index (χ3v) is 2.66. The Morgan fingerprint density at radius 3 is 2.61 bits per heavy atom. The van der Waals surface area contributed by atoms with E-state index in [9.17, 15) is 4.39 Å². The Kier molecular flexibility index (Phi) is 3.90. The maximum atomic E-state index is 13.3. The van der Waals surface area contributed by atoms with Crippen molar-refractivity contribution in [2.45, 2.75) is 6.61 Å². The summed E-state index contributed by atoms with van der Waals surface area (Å²) >= 11 is 3.15. The molecule has 0 fully saturated rings. The van der Waals surface area contributed by atoms with Crippen molar-refractivity contribution in [3.8, 4) is 5.88 Å². The standard InChI is InChI=1S/C13H8BrFN2O/c1-16-10-4-2-9(3-5-10)8-18-13-11(15)6-7-12(14)17-13/h2-7H,8H2. The van der Waals surface area contributed by atoms with Gasteiger partial charge in [-0.3, -0.25) is 0 Å². The van der Waals surface area contributed by atoms with Gasteiger partial charge in [-0.15, -0.1) is 0 Å². The van der Waals surface area contributed by atoms with Crippen molar-refractivity contribution < 1.29 is 9.13 Å². The number of aromatic nitrogens is 1. The largest absolute Gasteiger partial charge is 0.471 e. The quantitative estimate of drug-likeness (QED) is 0.630. The molecule has 0 atom stereocenters. The Morgan fingerprint density at radius 1 is 1.22 bits per heavy atom. The van der Waals surface area contributed by atoms with Crippen molar-refractivity contribution in [3.05, 3.63) is 63.8 Å². The molecule has 5 heteroatoms. The molecule has 0 spiro atoms. The molecule has 0 saturated carbocycles. The summed E-state index contributed by atoms with van der Waals surface area (Å²) in [4.78, 5) is 7.18. The Balaban J connectivity index is 2.07. The van der Waals surface area contributed by atoms with Crippen molar-refractivity contribution in [1.82, 2.24) is 4.98 Å². The third kappa shape index (κ3) is 3.05. The average molecular weight is 307 g/mol. The molecule has 1 aromatic carbocycles. The van der Waals surface area contributed by atoms with E-state index in [1.54, 1.807) is 24.3 Å². The number of hydrogen-bond acceptors (Lipinski definition) is 2. The van der Waals surface area contributed by atoms with E-state index in [2.05, 4.69) is 25.8 Å². The first-order valence-electron chi connectivity index (χ1n) is 5.10. The van der Waals surface area contributed by atoms with Crippen LogP contribution in [0.5, 0.6) is 5.88 Å². The minimum Gasteiger partial charge on any atom is -0.471 e. The van der Waals surface area contributed by atoms with E-state index in [-0.39, 0.29) is 12.5 Å². The van der Waals surface area contributed by atoms with Crippen LogP contribution in [0.15, 0.2) is 41.0 Å². The molecule has 0 amide bonds. The van der Waals surface area contributed by atoms with Crippen molar-refractivity contribution in [3.63, 3.8) is 0 Å². The van der Waals surface area contributed by atoms with Gasteiger partial charge in [-0.2, -0.15) is 0 Å². The lowest BCUT2D eigenvalue weighted by Gasteiger charge is -2.06. The van der Waals surface area contributed by atoms with E-state index < -0.39 is 5.82 Å². The molecule has 2 aromatic rings. The molecule has 0 aliphatic rings. The summed E-state index contributed by atoms with van der Waals surface area (Å²) in [5.41, 5.74) is 1.41. The van der Waals surface area contributed by atoms with Crippen LogP contribution < -0.4 is 4.74 Å². The summed E-state index contributed by atoms with van der Waals surface area (Å²) in [6, 6.07) is 9.71. The zero-order valence-corrected chi connectivity index (χ0v) is 10.8. The SMILES string of the molecule is [C-]#[N+]c1ccc(COc2nc(Br)ccc2F)cc1. The molecular formula is C13H8BrFN2O. The van der Waals surface area contributed by atoms with Crippen molar-refractivity contribution >= 4 is 21.6 Å². The maximum Gasteiger partial charge on any atom is 0.251 e. The summed E-state index contributed by atoms with van der Waals surface area (Å²) in [5, 5.41) is 0. The van der Waals surface area contributed by atoms with Crippen LogP contribution in [0.3, 0.4) is 0 Å². The Bertz CT molecular complexity index is 593. The summed E-state index contributed by atoms with van der Waals surface area (Å²) in [6.45, 7) is 7.04. The number of nitrogens with zero attached hydrogens (tertiary/aromatic N) is 2. The number of hydrogen-bond donors (Lipinski definition) is 0. The molecule has 3 nitrogen and oxygen atoms in total.